The van der Waals surface area contributed by atoms with Gasteiger partial charge in [-0.15, -0.1) is 0 Å². The van der Waals surface area contributed by atoms with Crippen LogP contribution in [0, 0.1) is 0 Å². The quantitative estimate of drug-likeness (QED) is 0.526. The van der Waals surface area contributed by atoms with Crippen LogP contribution in [0.3, 0.4) is 0 Å². The summed E-state index contributed by atoms with van der Waals surface area (Å²) < 4.78 is 9.15. The van der Waals surface area contributed by atoms with E-state index in [9.17, 15) is 0 Å². The van der Waals surface area contributed by atoms with Crippen LogP contribution in [-0.2, 0) is 9.47 Å². The third-order valence-electron chi connectivity index (χ3n) is 0.575. The molecule has 0 unspecified atom stereocenters. The third kappa shape index (κ3) is 4.11. The van der Waals surface area contributed by atoms with E-state index in [0.717, 1.165) is 0 Å². The summed E-state index contributed by atoms with van der Waals surface area (Å²) in [4.78, 5) is 0. The molecule has 0 aliphatic carbocycles. The average Bonchev–Trinajstić information content (AvgIpc) is 1.87. The summed E-state index contributed by atoms with van der Waals surface area (Å²) in [6, 6.07) is 0. The van der Waals surface area contributed by atoms with Gasteiger partial charge in [0.25, 0.3) is 10.3 Å². The molecule has 0 aromatic heterocycles. The van der Waals surface area contributed by atoms with Crippen molar-refractivity contribution in [2.24, 2.45) is 0 Å². The average molecular weight is 165 g/mol. The Labute approximate surface area is 64.3 Å². The molecular formula is C4H7NO2S2. The van der Waals surface area contributed by atoms with Crippen LogP contribution in [0.15, 0.2) is 0 Å². The number of ether oxygens (including phenoxy) is 2. The predicted molar refractivity (Wildman–Crippen MR) is 42.3 cm³/mol. The van der Waals surface area contributed by atoms with E-state index in [-0.39, 0.29) is 10.3 Å². The van der Waals surface area contributed by atoms with Gasteiger partial charge in [0, 0.05) is 0 Å². The Morgan fingerprint density at radius 2 is 1.44 bits per heavy atom. The first-order valence-electron chi connectivity index (χ1n) is 2.13. The van der Waals surface area contributed by atoms with Crippen molar-refractivity contribution >= 4 is 34.8 Å². The second-order valence-electron chi connectivity index (χ2n) is 1.11. The van der Waals surface area contributed by atoms with Crippen molar-refractivity contribution in [3.63, 3.8) is 0 Å². The highest BCUT2D eigenvalue weighted by Gasteiger charge is 1.95. The lowest BCUT2D eigenvalue weighted by atomic mass is 11.1. The Kier molecular flexibility index (Phi) is 4.25. The molecule has 0 bridgehead atoms. The number of hydrogen-bond donors (Lipinski definition) is 1. The molecule has 0 fully saturated rings. The lowest BCUT2D eigenvalue weighted by Gasteiger charge is -2.04. The van der Waals surface area contributed by atoms with Gasteiger partial charge in [0.1, 0.15) is 0 Å². The van der Waals surface area contributed by atoms with Crippen molar-refractivity contribution < 1.29 is 9.47 Å². The van der Waals surface area contributed by atoms with Crippen molar-refractivity contribution in [3.05, 3.63) is 0 Å². The smallest absolute Gasteiger partial charge is 0.263 e. The summed E-state index contributed by atoms with van der Waals surface area (Å²) in [5, 5.41) is 2.92. The maximum atomic E-state index is 4.60. The summed E-state index contributed by atoms with van der Waals surface area (Å²) in [6.45, 7) is 0. The zero-order valence-electron chi connectivity index (χ0n) is 5.13. The van der Waals surface area contributed by atoms with Crippen LogP contribution in [0.5, 0.6) is 0 Å². The Hall–Kier alpha value is -0.420. The second-order valence-corrected chi connectivity index (χ2v) is 1.85. The molecule has 0 rings (SSSR count). The largest absolute Gasteiger partial charge is 0.474 e. The highest BCUT2D eigenvalue weighted by molar-refractivity contribution is 7.81. The van der Waals surface area contributed by atoms with Crippen molar-refractivity contribution in [2.75, 3.05) is 14.2 Å². The molecule has 0 aromatic rings. The van der Waals surface area contributed by atoms with Crippen molar-refractivity contribution in [1.29, 1.82) is 0 Å². The van der Waals surface area contributed by atoms with Gasteiger partial charge in [0.15, 0.2) is 0 Å². The van der Waals surface area contributed by atoms with Crippen LogP contribution >= 0.6 is 24.4 Å². The van der Waals surface area contributed by atoms with Gasteiger partial charge >= 0.3 is 0 Å². The molecule has 0 aliphatic heterocycles. The SMILES string of the molecule is COC(=S)NC(=S)OC. The van der Waals surface area contributed by atoms with E-state index in [4.69, 9.17) is 0 Å². The second kappa shape index (κ2) is 4.46. The predicted octanol–water partition coefficient (Wildman–Crippen LogP) is 0.439. The van der Waals surface area contributed by atoms with E-state index in [1.54, 1.807) is 0 Å². The summed E-state index contributed by atoms with van der Waals surface area (Å²) in [5.74, 6) is 0. The van der Waals surface area contributed by atoms with Gasteiger partial charge < -0.3 is 9.47 Å². The van der Waals surface area contributed by atoms with Gasteiger partial charge in [-0.2, -0.15) is 0 Å². The molecule has 0 amide bonds. The summed E-state index contributed by atoms with van der Waals surface area (Å²) in [6.07, 6.45) is 0. The van der Waals surface area contributed by atoms with Crippen molar-refractivity contribution in [1.82, 2.24) is 5.32 Å². The molecule has 1 N–H and O–H groups in total. The molecule has 9 heavy (non-hydrogen) atoms. The molecular weight excluding hydrogens is 158 g/mol. The van der Waals surface area contributed by atoms with Gasteiger partial charge in [-0.3, -0.25) is 5.32 Å². The number of hydrogen-bond acceptors (Lipinski definition) is 4. The lowest BCUT2D eigenvalue weighted by Crippen LogP contribution is -2.29. The van der Waals surface area contributed by atoms with E-state index >= 15 is 0 Å². The highest BCUT2D eigenvalue weighted by atomic mass is 32.1. The van der Waals surface area contributed by atoms with Crippen LogP contribution < -0.4 is 5.32 Å². The Morgan fingerprint density at radius 3 is 1.67 bits per heavy atom. The molecule has 52 valence electrons. The zero-order chi connectivity index (χ0) is 7.28. The topological polar surface area (TPSA) is 30.5 Å². The fourth-order valence-corrected chi connectivity index (χ4v) is 0.435. The zero-order valence-corrected chi connectivity index (χ0v) is 6.77. The molecule has 0 spiro atoms. The van der Waals surface area contributed by atoms with Crippen molar-refractivity contribution in [2.45, 2.75) is 0 Å². The van der Waals surface area contributed by atoms with Gasteiger partial charge in [-0.1, -0.05) is 0 Å². The summed E-state index contributed by atoms with van der Waals surface area (Å²) in [7, 11) is 2.90. The Bertz CT molecular complexity index is 112. The monoisotopic (exact) mass is 165 g/mol. The first-order chi connectivity index (χ1) is 4.20. The molecule has 0 heterocycles. The number of methoxy groups -OCH3 is 2. The minimum Gasteiger partial charge on any atom is -0.474 e. The standard InChI is InChI=1S/C4H7NO2S2/c1-6-3(8)5-4(9)7-2/h1-2H3,(H,5,8,9). The molecule has 0 atom stereocenters. The van der Waals surface area contributed by atoms with Gasteiger partial charge in [-0.25, -0.2) is 0 Å². The van der Waals surface area contributed by atoms with Gasteiger partial charge in [0.2, 0.25) is 0 Å². The highest BCUT2D eigenvalue weighted by Crippen LogP contribution is 1.76. The minimum atomic E-state index is 0.210. The number of rotatable bonds is 0. The van der Waals surface area contributed by atoms with Crippen LogP contribution in [-0.4, -0.2) is 24.6 Å². The molecule has 0 saturated heterocycles. The maximum Gasteiger partial charge on any atom is 0.263 e. The van der Waals surface area contributed by atoms with Crippen LogP contribution in [0.2, 0.25) is 0 Å². The molecule has 0 radical (unpaired) electrons. The summed E-state index contributed by atoms with van der Waals surface area (Å²) >= 11 is 9.19. The normalized spacial score (nSPS) is 7.78. The molecule has 0 aromatic carbocycles. The molecule has 3 nitrogen and oxygen atoms in total. The van der Waals surface area contributed by atoms with E-state index in [1.807, 2.05) is 0 Å². The Balaban J connectivity index is 3.47. The molecule has 0 saturated carbocycles. The fraction of sp³-hybridized carbons (Fsp3) is 0.500. The van der Waals surface area contributed by atoms with E-state index in [0.29, 0.717) is 0 Å². The van der Waals surface area contributed by atoms with Gasteiger partial charge in [0.05, 0.1) is 14.2 Å². The van der Waals surface area contributed by atoms with Gasteiger partial charge in [-0.05, 0) is 24.4 Å². The first kappa shape index (κ1) is 8.58. The maximum absolute atomic E-state index is 4.60. The summed E-state index contributed by atoms with van der Waals surface area (Å²) in [5.41, 5.74) is 0. The molecule has 0 aliphatic rings. The minimum absolute atomic E-state index is 0.210. The van der Waals surface area contributed by atoms with Crippen LogP contribution in [0.1, 0.15) is 0 Å². The third-order valence-corrected chi connectivity index (χ3v) is 1.11. The first-order valence-corrected chi connectivity index (χ1v) is 2.95. The fourth-order valence-electron chi connectivity index (χ4n) is 0.185. The van der Waals surface area contributed by atoms with Crippen LogP contribution in [0.25, 0.3) is 0 Å². The lowest BCUT2D eigenvalue weighted by molar-refractivity contribution is 0.375. The van der Waals surface area contributed by atoms with Crippen molar-refractivity contribution in [3.8, 4) is 0 Å². The number of nitrogens with one attached hydrogen (secondary N) is 1. The number of thiocarbonyl (C=S) groups is 2. The Morgan fingerprint density at radius 1 is 1.11 bits per heavy atom. The van der Waals surface area contributed by atoms with Crippen LogP contribution in [0.4, 0.5) is 0 Å². The molecule has 5 heteroatoms. The van der Waals surface area contributed by atoms with E-state index in [2.05, 4.69) is 39.2 Å². The van der Waals surface area contributed by atoms with E-state index < -0.39 is 0 Å². The van der Waals surface area contributed by atoms with E-state index in [1.165, 1.54) is 14.2 Å².